The zero-order chi connectivity index (χ0) is 14.0. The van der Waals surface area contributed by atoms with Crippen LogP contribution in [-0.4, -0.2) is 18.3 Å². The van der Waals surface area contributed by atoms with Crippen LogP contribution in [0.25, 0.3) is 0 Å². The number of aryl methyl sites for hydroxylation is 1. The van der Waals surface area contributed by atoms with Crippen LogP contribution < -0.4 is 0 Å². The Morgan fingerprint density at radius 2 is 1.79 bits per heavy atom. The van der Waals surface area contributed by atoms with Crippen LogP contribution in [0.2, 0.25) is 0 Å². The molecule has 1 aromatic heterocycles. The summed E-state index contributed by atoms with van der Waals surface area (Å²) in [5.74, 6) is -0.664. The van der Waals surface area contributed by atoms with Gasteiger partial charge in [0.05, 0.1) is 4.90 Å². The van der Waals surface area contributed by atoms with Gasteiger partial charge in [-0.3, -0.25) is 0 Å². The van der Waals surface area contributed by atoms with E-state index in [4.69, 9.17) is 0 Å². The average molecular weight is 278 g/mol. The van der Waals surface area contributed by atoms with Gasteiger partial charge in [0.25, 0.3) is 0 Å². The van der Waals surface area contributed by atoms with E-state index in [1.54, 1.807) is 12.1 Å². The third-order valence-electron chi connectivity index (χ3n) is 2.54. The van der Waals surface area contributed by atoms with Crippen LogP contribution in [0.15, 0.2) is 52.4 Å². The van der Waals surface area contributed by atoms with E-state index in [1.807, 2.05) is 6.92 Å². The SMILES string of the molecule is Cc1ccc(S(=O)(=O)c2cccnc2[N+](=O)[O-])cc1. The molecule has 98 valence electrons. The van der Waals surface area contributed by atoms with Crippen molar-refractivity contribution in [2.24, 2.45) is 0 Å². The van der Waals surface area contributed by atoms with Gasteiger partial charge in [-0.15, -0.1) is 0 Å². The summed E-state index contributed by atoms with van der Waals surface area (Å²) in [5.41, 5.74) is 0.902. The lowest BCUT2D eigenvalue weighted by atomic mass is 10.2. The molecule has 6 nitrogen and oxygen atoms in total. The van der Waals surface area contributed by atoms with E-state index in [0.29, 0.717) is 0 Å². The van der Waals surface area contributed by atoms with Gasteiger partial charge in [0.2, 0.25) is 9.84 Å². The zero-order valence-electron chi connectivity index (χ0n) is 9.98. The number of aromatic nitrogens is 1. The average Bonchev–Trinajstić information content (AvgIpc) is 2.39. The number of nitrogens with zero attached hydrogens (tertiary/aromatic N) is 2. The first kappa shape index (κ1) is 13.2. The Hall–Kier alpha value is -2.28. The summed E-state index contributed by atoms with van der Waals surface area (Å²) < 4.78 is 24.7. The molecule has 0 saturated heterocycles. The number of benzene rings is 1. The zero-order valence-corrected chi connectivity index (χ0v) is 10.8. The summed E-state index contributed by atoms with van der Waals surface area (Å²) >= 11 is 0. The van der Waals surface area contributed by atoms with Gasteiger partial charge < -0.3 is 10.1 Å². The van der Waals surface area contributed by atoms with Crippen molar-refractivity contribution in [3.8, 4) is 0 Å². The quantitative estimate of drug-likeness (QED) is 0.633. The van der Waals surface area contributed by atoms with Crippen molar-refractivity contribution in [3.05, 3.63) is 58.3 Å². The van der Waals surface area contributed by atoms with Crippen molar-refractivity contribution in [2.45, 2.75) is 16.7 Å². The summed E-state index contributed by atoms with van der Waals surface area (Å²) in [4.78, 5) is 13.1. The summed E-state index contributed by atoms with van der Waals surface area (Å²) in [6.07, 6.45) is 1.19. The minimum atomic E-state index is -3.94. The maximum atomic E-state index is 12.3. The van der Waals surface area contributed by atoms with Crippen molar-refractivity contribution >= 4 is 15.7 Å². The first-order valence-corrected chi connectivity index (χ1v) is 6.82. The predicted octanol–water partition coefficient (Wildman–Crippen LogP) is 2.13. The second-order valence-corrected chi connectivity index (χ2v) is 5.82. The number of rotatable bonds is 3. The third kappa shape index (κ3) is 2.45. The lowest BCUT2D eigenvalue weighted by Crippen LogP contribution is -2.06. The van der Waals surface area contributed by atoms with E-state index in [1.165, 1.54) is 30.5 Å². The predicted molar refractivity (Wildman–Crippen MR) is 67.5 cm³/mol. The van der Waals surface area contributed by atoms with Gasteiger partial charge in [-0.25, -0.2) is 8.42 Å². The molecule has 2 aromatic rings. The summed E-state index contributed by atoms with van der Waals surface area (Å²) in [6, 6.07) is 8.64. The van der Waals surface area contributed by atoms with Crippen LogP contribution in [0.3, 0.4) is 0 Å². The lowest BCUT2D eigenvalue weighted by Gasteiger charge is -2.05. The Morgan fingerprint density at radius 3 is 2.37 bits per heavy atom. The van der Waals surface area contributed by atoms with Crippen LogP contribution in [0.4, 0.5) is 5.82 Å². The van der Waals surface area contributed by atoms with Crippen molar-refractivity contribution in [2.75, 3.05) is 0 Å². The first-order valence-electron chi connectivity index (χ1n) is 5.34. The summed E-state index contributed by atoms with van der Waals surface area (Å²) in [5, 5.41) is 10.8. The molecule has 0 fully saturated rings. The van der Waals surface area contributed by atoms with Gasteiger partial charge in [0.1, 0.15) is 6.20 Å². The molecule has 0 atom stereocenters. The van der Waals surface area contributed by atoms with Gasteiger partial charge in [-0.05, 0) is 41.1 Å². The molecule has 19 heavy (non-hydrogen) atoms. The number of pyridine rings is 1. The maximum absolute atomic E-state index is 12.3. The van der Waals surface area contributed by atoms with E-state index in [9.17, 15) is 18.5 Å². The standard InChI is InChI=1S/C12H10N2O4S/c1-9-4-6-10(7-5-9)19(17,18)11-3-2-8-13-12(11)14(15)16/h2-8H,1H3. The van der Waals surface area contributed by atoms with Crippen LogP contribution in [-0.2, 0) is 9.84 Å². The van der Waals surface area contributed by atoms with Gasteiger partial charge >= 0.3 is 5.82 Å². The van der Waals surface area contributed by atoms with E-state index in [2.05, 4.69) is 4.98 Å². The second-order valence-electron chi connectivity index (χ2n) is 3.90. The van der Waals surface area contributed by atoms with Crippen molar-refractivity contribution in [1.82, 2.24) is 4.98 Å². The third-order valence-corrected chi connectivity index (χ3v) is 4.34. The van der Waals surface area contributed by atoms with Crippen LogP contribution in [0.5, 0.6) is 0 Å². The first-order chi connectivity index (χ1) is 8.93. The normalized spacial score (nSPS) is 11.2. The Morgan fingerprint density at radius 1 is 1.16 bits per heavy atom. The minimum Gasteiger partial charge on any atom is -0.358 e. The summed E-state index contributed by atoms with van der Waals surface area (Å²) in [7, 11) is -3.94. The van der Waals surface area contributed by atoms with Crippen molar-refractivity contribution in [3.63, 3.8) is 0 Å². The molecular weight excluding hydrogens is 268 g/mol. The maximum Gasteiger partial charge on any atom is 0.382 e. The highest BCUT2D eigenvalue weighted by atomic mass is 32.2. The van der Waals surface area contributed by atoms with Crippen LogP contribution in [0, 0.1) is 17.0 Å². The molecule has 0 amide bonds. The van der Waals surface area contributed by atoms with Crippen molar-refractivity contribution in [1.29, 1.82) is 0 Å². The summed E-state index contributed by atoms with van der Waals surface area (Å²) in [6.45, 7) is 1.82. The number of sulfone groups is 1. The molecule has 7 heteroatoms. The van der Waals surface area contributed by atoms with E-state index in [-0.39, 0.29) is 4.90 Å². The van der Waals surface area contributed by atoms with Gasteiger partial charge in [-0.2, -0.15) is 0 Å². The second kappa shape index (κ2) is 4.77. The van der Waals surface area contributed by atoms with E-state index < -0.39 is 25.5 Å². The Kier molecular flexibility index (Phi) is 3.30. The number of hydrogen-bond acceptors (Lipinski definition) is 5. The highest BCUT2D eigenvalue weighted by Crippen LogP contribution is 2.27. The minimum absolute atomic E-state index is 0.00852. The van der Waals surface area contributed by atoms with Crippen LogP contribution >= 0.6 is 0 Å². The van der Waals surface area contributed by atoms with E-state index >= 15 is 0 Å². The smallest absolute Gasteiger partial charge is 0.358 e. The molecule has 1 aromatic carbocycles. The Bertz CT molecular complexity index is 724. The van der Waals surface area contributed by atoms with Crippen LogP contribution in [0.1, 0.15) is 5.56 Å². The fourth-order valence-electron chi connectivity index (χ4n) is 1.57. The molecule has 0 radical (unpaired) electrons. The fraction of sp³-hybridized carbons (Fsp3) is 0.0833. The molecule has 0 aliphatic heterocycles. The van der Waals surface area contributed by atoms with Gasteiger partial charge in [-0.1, -0.05) is 17.7 Å². The molecule has 0 unspecified atom stereocenters. The topological polar surface area (TPSA) is 90.2 Å². The number of hydrogen-bond donors (Lipinski definition) is 0. The molecule has 0 aliphatic rings. The molecule has 0 N–H and O–H groups in total. The molecule has 0 saturated carbocycles. The van der Waals surface area contributed by atoms with Crippen molar-refractivity contribution < 1.29 is 13.3 Å². The Labute approximate surface area is 109 Å². The molecule has 0 spiro atoms. The highest BCUT2D eigenvalue weighted by molar-refractivity contribution is 7.91. The molecule has 0 aliphatic carbocycles. The lowest BCUT2D eigenvalue weighted by molar-refractivity contribution is -0.392. The monoisotopic (exact) mass is 278 g/mol. The molecule has 2 rings (SSSR count). The highest BCUT2D eigenvalue weighted by Gasteiger charge is 2.28. The largest absolute Gasteiger partial charge is 0.382 e. The van der Waals surface area contributed by atoms with Gasteiger partial charge in [0.15, 0.2) is 4.90 Å². The molecule has 0 bridgehead atoms. The fourth-order valence-corrected chi connectivity index (χ4v) is 2.95. The molecule has 1 heterocycles. The van der Waals surface area contributed by atoms with Gasteiger partial charge in [0, 0.05) is 0 Å². The van der Waals surface area contributed by atoms with E-state index in [0.717, 1.165) is 5.56 Å². The molecular formula is C12H10N2O4S. The Balaban J connectivity index is 2.63. The number of nitro groups is 1.